The van der Waals surface area contributed by atoms with Crippen molar-refractivity contribution >= 4 is 17.1 Å². The molecule has 0 unspecified atom stereocenters. The molecule has 0 saturated heterocycles. The van der Waals surface area contributed by atoms with Crippen molar-refractivity contribution in [2.75, 3.05) is 17.7 Å². The lowest BCUT2D eigenvalue weighted by atomic mass is 10.1. The van der Waals surface area contributed by atoms with Crippen LogP contribution in [0.3, 0.4) is 0 Å². The van der Waals surface area contributed by atoms with Crippen molar-refractivity contribution in [1.29, 1.82) is 0 Å². The molecule has 3 heteroatoms. The normalized spacial score (nSPS) is 10.3. The van der Waals surface area contributed by atoms with Gasteiger partial charge in [0.05, 0.1) is 12.3 Å². The van der Waals surface area contributed by atoms with Crippen molar-refractivity contribution in [3.05, 3.63) is 47.5 Å². The highest BCUT2D eigenvalue weighted by Crippen LogP contribution is 2.28. The average molecular weight is 256 g/mol. The number of hydrogen-bond acceptors (Lipinski definition) is 3. The van der Waals surface area contributed by atoms with Gasteiger partial charge in [0, 0.05) is 17.4 Å². The van der Waals surface area contributed by atoms with E-state index >= 15 is 0 Å². The zero-order valence-corrected chi connectivity index (χ0v) is 11.7. The van der Waals surface area contributed by atoms with E-state index in [0.717, 1.165) is 17.1 Å². The van der Waals surface area contributed by atoms with E-state index in [-0.39, 0.29) is 0 Å². The van der Waals surface area contributed by atoms with E-state index in [1.807, 2.05) is 25.1 Å². The molecule has 0 amide bonds. The Kier molecular flexibility index (Phi) is 3.95. The summed E-state index contributed by atoms with van der Waals surface area (Å²) < 4.78 is 5.50. The van der Waals surface area contributed by atoms with Crippen LogP contribution < -0.4 is 15.8 Å². The van der Waals surface area contributed by atoms with Crippen molar-refractivity contribution in [1.82, 2.24) is 0 Å². The summed E-state index contributed by atoms with van der Waals surface area (Å²) in [4.78, 5) is 0. The van der Waals surface area contributed by atoms with Crippen molar-refractivity contribution in [3.8, 4) is 5.75 Å². The lowest BCUT2D eigenvalue weighted by Gasteiger charge is -2.12. The van der Waals surface area contributed by atoms with Crippen molar-refractivity contribution in [2.45, 2.75) is 20.8 Å². The number of nitrogens with two attached hydrogens (primary N) is 1. The van der Waals surface area contributed by atoms with Crippen LogP contribution in [-0.2, 0) is 0 Å². The first-order valence-corrected chi connectivity index (χ1v) is 6.46. The highest BCUT2D eigenvalue weighted by atomic mass is 16.5. The van der Waals surface area contributed by atoms with Crippen molar-refractivity contribution in [3.63, 3.8) is 0 Å². The number of hydrogen-bond donors (Lipinski definition) is 2. The number of ether oxygens (including phenoxy) is 1. The smallest absolute Gasteiger partial charge is 0.144 e. The fraction of sp³-hybridized carbons (Fsp3) is 0.250. The molecule has 0 spiro atoms. The van der Waals surface area contributed by atoms with E-state index < -0.39 is 0 Å². The summed E-state index contributed by atoms with van der Waals surface area (Å²) in [7, 11) is 0. The summed E-state index contributed by atoms with van der Waals surface area (Å²) in [5.74, 6) is 0.719. The number of rotatable bonds is 4. The van der Waals surface area contributed by atoms with Crippen LogP contribution in [0.2, 0.25) is 0 Å². The first-order chi connectivity index (χ1) is 9.08. The lowest BCUT2D eigenvalue weighted by Crippen LogP contribution is -1.98. The van der Waals surface area contributed by atoms with Crippen LogP contribution in [0.15, 0.2) is 36.4 Å². The molecule has 3 N–H and O–H groups in total. The van der Waals surface area contributed by atoms with Gasteiger partial charge in [-0.25, -0.2) is 0 Å². The molecule has 0 saturated carbocycles. The number of anilines is 3. The van der Waals surface area contributed by atoms with Crippen LogP contribution in [0.4, 0.5) is 17.1 Å². The number of nitrogen functional groups attached to an aromatic ring is 1. The molecule has 0 atom stereocenters. The molecule has 0 aliphatic rings. The molecule has 100 valence electrons. The maximum Gasteiger partial charge on any atom is 0.144 e. The van der Waals surface area contributed by atoms with Gasteiger partial charge in [0.2, 0.25) is 0 Å². The Bertz CT molecular complexity index is 559. The Balaban J connectivity index is 2.25. The molecular formula is C16H20N2O. The molecule has 19 heavy (non-hydrogen) atoms. The standard InChI is InChI=1S/C16H20N2O/c1-4-19-16-10-13(5-6-15(16)17)18-14-8-11(2)7-12(3)9-14/h5-10,18H,4,17H2,1-3H3. The zero-order chi connectivity index (χ0) is 13.8. The fourth-order valence-corrected chi connectivity index (χ4v) is 2.11. The molecular weight excluding hydrogens is 236 g/mol. The maximum atomic E-state index is 5.86. The van der Waals surface area contributed by atoms with Crippen LogP contribution in [-0.4, -0.2) is 6.61 Å². The molecule has 2 aromatic rings. The summed E-state index contributed by atoms with van der Waals surface area (Å²) >= 11 is 0. The number of benzene rings is 2. The van der Waals surface area contributed by atoms with Gasteiger partial charge >= 0.3 is 0 Å². The van der Waals surface area contributed by atoms with Gasteiger partial charge in [0.15, 0.2) is 0 Å². The molecule has 0 heterocycles. The summed E-state index contributed by atoms with van der Waals surface area (Å²) in [6.45, 7) is 6.74. The van der Waals surface area contributed by atoms with E-state index in [2.05, 4.69) is 37.4 Å². The summed E-state index contributed by atoms with van der Waals surface area (Å²) in [5.41, 5.74) is 11.1. The Morgan fingerprint density at radius 2 is 1.68 bits per heavy atom. The molecule has 0 bridgehead atoms. The summed E-state index contributed by atoms with van der Waals surface area (Å²) in [5, 5.41) is 3.38. The van der Waals surface area contributed by atoms with Crippen LogP contribution >= 0.6 is 0 Å². The summed E-state index contributed by atoms with van der Waals surface area (Å²) in [6.07, 6.45) is 0. The molecule has 0 aromatic heterocycles. The second kappa shape index (κ2) is 5.65. The van der Waals surface area contributed by atoms with Gasteiger partial charge in [-0.05, 0) is 56.2 Å². The van der Waals surface area contributed by atoms with Gasteiger partial charge in [0.1, 0.15) is 5.75 Å². The Morgan fingerprint density at radius 1 is 1.00 bits per heavy atom. The predicted molar refractivity (Wildman–Crippen MR) is 81.2 cm³/mol. The second-order valence-electron chi connectivity index (χ2n) is 4.69. The van der Waals surface area contributed by atoms with Gasteiger partial charge < -0.3 is 15.8 Å². The number of aryl methyl sites for hydroxylation is 2. The van der Waals surface area contributed by atoms with Gasteiger partial charge in [-0.1, -0.05) is 6.07 Å². The van der Waals surface area contributed by atoms with Gasteiger partial charge in [-0.2, -0.15) is 0 Å². The zero-order valence-electron chi connectivity index (χ0n) is 11.7. The molecule has 2 aromatic carbocycles. The van der Waals surface area contributed by atoms with Crippen molar-refractivity contribution < 1.29 is 4.74 Å². The maximum absolute atomic E-state index is 5.86. The molecule has 3 nitrogen and oxygen atoms in total. The minimum Gasteiger partial charge on any atom is -0.492 e. The minimum absolute atomic E-state index is 0.608. The molecule has 2 rings (SSSR count). The largest absolute Gasteiger partial charge is 0.492 e. The van der Waals surface area contributed by atoms with E-state index in [4.69, 9.17) is 10.5 Å². The SMILES string of the molecule is CCOc1cc(Nc2cc(C)cc(C)c2)ccc1N. The minimum atomic E-state index is 0.608. The van der Waals surface area contributed by atoms with Gasteiger partial charge in [-0.15, -0.1) is 0 Å². The highest BCUT2D eigenvalue weighted by molar-refractivity contribution is 5.67. The quantitative estimate of drug-likeness (QED) is 0.812. The average Bonchev–Trinajstić information content (AvgIpc) is 2.32. The van der Waals surface area contributed by atoms with E-state index in [9.17, 15) is 0 Å². The summed E-state index contributed by atoms with van der Waals surface area (Å²) in [6, 6.07) is 12.1. The van der Waals surface area contributed by atoms with Gasteiger partial charge in [-0.3, -0.25) is 0 Å². The number of nitrogens with one attached hydrogen (secondary N) is 1. The van der Waals surface area contributed by atoms with E-state index in [1.165, 1.54) is 11.1 Å². The Labute approximate surface area is 114 Å². The second-order valence-corrected chi connectivity index (χ2v) is 4.69. The Hall–Kier alpha value is -2.16. The third-order valence-corrected chi connectivity index (χ3v) is 2.82. The fourth-order valence-electron chi connectivity index (χ4n) is 2.11. The van der Waals surface area contributed by atoms with Crippen LogP contribution in [0.1, 0.15) is 18.1 Å². The lowest BCUT2D eigenvalue weighted by molar-refractivity contribution is 0.342. The highest BCUT2D eigenvalue weighted by Gasteiger charge is 2.03. The topological polar surface area (TPSA) is 47.3 Å². The molecule has 0 radical (unpaired) electrons. The van der Waals surface area contributed by atoms with E-state index in [1.54, 1.807) is 0 Å². The first kappa shape index (κ1) is 13.3. The molecule has 0 aliphatic heterocycles. The van der Waals surface area contributed by atoms with Crippen LogP contribution in [0.5, 0.6) is 5.75 Å². The molecule has 0 fully saturated rings. The third kappa shape index (κ3) is 3.41. The molecule has 0 aliphatic carbocycles. The van der Waals surface area contributed by atoms with Crippen molar-refractivity contribution in [2.24, 2.45) is 0 Å². The van der Waals surface area contributed by atoms with Gasteiger partial charge in [0.25, 0.3) is 0 Å². The predicted octanol–water partition coefficient (Wildman–Crippen LogP) is 4.03. The Morgan fingerprint density at radius 3 is 2.32 bits per heavy atom. The first-order valence-electron chi connectivity index (χ1n) is 6.46. The van der Waals surface area contributed by atoms with Crippen LogP contribution in [0, 0.1) is 13.8 Å². The third-order valence-electron chi connectivity index (χ3n) is 2.82. The van der Waals surface area contributed by atoms with E-state index in [0.29, 0.717) is 12.3 Å². The van der Waals surface area contributed by atoms with Crippen LogP contribution in [0.25, 0.3) is 0 Å². The monoisotopic (exact) mass is 256 g/mol.